The standard InChI is InChI=1S/C8H16N6O2S/c1-6-7(12-5-13-8(6)14-9)11-3-2-4-17(10,15)16/h5H,2-4,9H2,1H3,(H2,10,15,16)(H2,11,12,13,14). The number of primary sulfonamides is 1. The first-order valence-corrected chi connectivity index (χ1v) is 6.68. The van der Waals surface area contributed by atoms with Crippen molar-refractivity contribution in [1.82, 2.24) is 9.97 Å². The molecule has 1 aromatic heterocycles. The Morgan fingerprint density at radius 1 is 1.35 bits per heavy atom. The maximum Gasteiger partial charge on any atom is 0.209 e. The lowest BCUT2D eigenvalue weighted by Gasteiger charge is -2.10. The van der Waals surface area contributed by atoms with E-state index >= 15 is 0 Å². The lowest BCUT2D eigenvalue weighted by atomic mass is 10.3. The Morgan fingerprint density at radius 2 is 2.00 bits per heavy atom. The van der Waals surface area contributed by atoms with E-state index in [1.807, 2.05) is 0 Å². The van der Waals surface area contributed by atoms with Crippen molar-refractivity contribution in [2.45, 2.75) is 13.3 Å². The summed E-state index contributed by atoms with van der Waals surface area (Å²) >= 11 is 0. The number of nitrogens with two attached hydrogens (primary N) is 2. The topological polar surface area (TPSA) is 136 Å². The van der Waals surface area contributed by atoms with Crippen LogP contribution in [0.4, 0.5) is 11.6 Å². The van der Waals surface area contributed by atoms with Gasteiger partial charge in [0.2, 0.25) is 10.0 Å². The molecule has 0 saturated heterocycles. The first-order chi connectivity index (χ1) is 7.94. The van der Waals surface area contributed by atoms with E-state index in [4.69, 9.17) is 11.0 Å². The Kier molecular flexibility index (Phi) is 4.61. The van der Waals surface area contributed by atoms with Crippen LogP contribution in [0.1, 0.15) is 12.0 Å². The van der Waals surface area contributed by atoms with Crippen molar-refractivity contribution in [3.05, 3.63) is 11.9 Å². The highest BCUT2D eigenvalue weighted by molar-refractivity contribution is 7.89. The lowest BCUT2D eigenvalue weighted by molar-refractivity contribution is 0.595. The van der Waals surface area contributed by atoms with Gasteiger partial charge in [-0.15, -0.1) is 0 Å². The second kappa shape index (κ2) is 5.75. The van der Waals surface area contributed by atoms with E-state index in [0.29, 0.717) is 24.6 Å². The number of aromatic nitrogens is 2. The second-order valence-corrected chi connectivity index (χ2v) is 5.22. The van der Waals surface area contributed by atoms with Crippen molar-refractivity contribution in [3.63, 3.8) is 0 Å². The van der Waals surface area contributed by atoms with Crippen LogP contribution in [0.5, 0.6) is 0 Å². The van der Waals surface area contributed by atoms with Crippen molar-refractivity contribution in [2.24, 2.45) is 11.0 Å². The van der Waals surface area contributed by atoms with Crippen LogP contribution in [-0.4, -0.2) is 30.7 Å². The SMILES string of the molecule is Cc1c(NN)ncnc1NCCCS(N)(=O)=O. The summed E-state index contributed by atoms with van der Waals surface area (Å²) in [5.41, 5.74) is 3.21. The van der Waals surface area contributed by atoms with E-state index in [1.54, 1.807) is 6.92 Å². The molecule has 0 saturated carbocycles. The molecule has 96 valence electrons. The molecule has 1 rings (SSSR count). The second-order valence-electron chi connectivity index (χ2n) is 3.49. The van der Waals surface area contributed by atoms with Crippen LogP contribution in [0, 0.1) is 6.92 Å². The van der Waals surface area contributed by atoms with E-state index in [-0.39, 0.29) is 5.75 Å². The number of hydrogen-bond donors (Lipinski definition) is 4. The third kappa shape index (κ3) is 4.51. The Balaban J connectivity index is 2.52. The molecule has 1 heterocycles. The fraction of sp³-hybridized carbons (Fsp3) is 0.500. The summed E-state index contributed by atoms with van der Waals surface area (Å²) in [6, 6.07) is 0. The van der Waals surface area contributed by atoms with Crippen molar-refractivity contribution in [1.29, 1.82) is 0 Å². The lowest BCUT2D eigenvalue weighted by Crippen LogP contribution is -2.19. The number of anilines is 2. The van der Waals surface area contributed by atoms with Crippen molar-refractivity contribution in [3.8, 4) is 0 Å². The maximum absolute atomic E-state index is 10.7. The summed E-state index contributed by atoms with van der Waals surface area (Å²) < 4.78 is 21.4. The highest BCUT2D eigenvalue weighted by Gasteiger charge is 2.06. The van der Waals surface area contributed by atoms with Crippen molar-refractivity contribution in [2.75, 3.05) is 23.0 Å². The van der Waals surface area contributed by atoms with Gasteiger partial charge in [0.15, 0.2) is 0 Å². The number of nitrogens with one attached hydrogen (secondary N) is 2. The molecule has 0 bridgehead atoms. The number of hydrazine groups is 1. The largest absolute Gasteiger partial charge is 0.370 e. The zero-order valence-electron chi connectivity index (χ0n) is 9.47. The smallest absolute Gasteiger partial charge is 0.209 e. The highest BCUT2D eigenvalue weighted by atomic mass is 32.2. The van der Waals surface area contributed by atoms with Gasteiger partial charge in [0.05, 0.1) is 5.75 Å². The van der Waals surface area contributed by atoms with Gasteiger partial charge in [-0.25, -0.2) is 29.4 Å². The van der Waals surface area contributed by atoms with E-state index in [9.17, 15) is 8.42 Å². The number of rotatable bonds is 6. The number of hydrogen-bond acceptors (Lipinski definition) is 7. The molecule has 0 amide bonds. The van der Waals surface area contributed by atoms with Gasteiger partial charge in [0, 0.05) is 12.1 Å². The third-order valence-corrected chi connectivity index (χ3v) is 2.98. The maximum atomic E-state index is 10.7. The fourth-order valence-corrected chi connectivity index (χ4v) is 1.80. The van der Waals surface area contributed by atoms with Crippen LogP contribution in [0.3, 0.4) is 0 Å². The van der Waals surface area contributed by atoms with Gasteiger partial charge in [0.1, 0.15) is 18.0 Å². The Morgan fingerprint density at radius 3 is 2.59 bits per heavy atom. The predicted molar refractivity (Wildman–Crippen MR) is 65.7 cm³/mol. The summed E-state index contributed by atoms with van der Waals surface area (Å²) in [6.45, 7) is 2.26. The van der Waals surface area contributed by atoms with Gasteiger partial charge in [0.25, 0.3) is 0 Å². The van der Waals surface area contributed by atoms with Gasteiger partial charge in [-0.05, 0) is 13.3 Å². The van der Waals surface area contributed by atoms with Crippen LogP contribution in [0.15, 0.2) is 6.33 Å². The van der Waals surface area contributed by atoms with Crippen LogP contribution in [0.25, 0.3) is 0 Å². The Hall–Kier alpha value is -1.45. The molecule has 0 spiro atoms. The normalized spacial score (nSPS) is 11.2. The number of sulfonamides is 1. The summed E-state index contributed by atoms with van der Waals surface area (Å²) in [7, 11) is -3.41. The van der Waals surface area contributed by atoms with E-state index in [0.717, 1.165) is 5.56 Å². The molecule has 0 fully saturated rings. The number of nitrogens with zero attached hydrogens (tertiary/aromatic N) is 2. The Labute approximate surface area is 99.8 Å². The average Bonchev–Trinajstić information content (AvgIpc) is 2.25. The first kappa shape index (κ1) is 13.6. The van der Waals surface area contributed by atoms with E-state index in [2.05, 4.69) is 20.7 Å². The minimum Gasteiger partial charge on any atom is -0.370 e. The molecule has 0 aliphatic rings. The summed E-state index contributed by atoms with van der Waals surface area (Å²) in [5.74, 6) is 6.34. The molecule has 0 atom stereocenters. The molecular formula is C8H16N6O2S. The summed E-state index contributed by atoms with van der Waals surface area (Å²) in [4.78, 5) is 7.94. The summed E-state index contributed by atoms with van der Waals surface area (Å²) in [5, 5.41) is 7.88. The molecule has 6 N–H and O–H groups in total. The summed E-state index contributed by atoms with van der Waals surface area (Å²) in [6.07, 6.45) is 1.78. The predicted octanol–water partition coefficient (Wildman–Crippen LogP) is -0.839. The molecule has 0 aliphatic heterocycles. The third-order valence-electron chi connectivity index (χ3n) is 2.12. The molecule has 1 aromatic rings. The fourth-order valence-electron chi connectivity index (χ4n) is 1.25. The minimum absolute atomic E-state index is 0.0634. The minimum atomic E-state index is -3.41. The molecule has 0 unspecified atom stereocenters. The molecule has 9 heteroatoms. The monoisotopic (exact) mass is 260 g/mol. The first-order valence-electron chi connectivity index (χ1n) is 4.96. The molecule has 8 nitrogen and oxygen atoms in total. The molecule has 0 aromatic carbocycles. The highest BCUT2D eigenvalue weighted by Crippen LogP contribution is 2.16. The molecular weight excluding hydrogens is 244 g/mol. The molecule has 0 aliphatic carbocycles. The Bertz CT molecular complexity index is 475. The van der Waals surface area contributed by atoms with Gasteiger partial charge in [-0.1, -0.05) is 0 Å². The quantitative estimate of drug-likeness (QED) is 0.297. The van der Waals surface area contributed by atoms with Crippen LogP contribution in [0.2, 0.25) is 0 Å². The van der Waals surface area contributed by atoms with Gasteiger partial charge >= 0.3 is 0 Å². The molecule has 0 radical (unpaired) electrons. The van der Waals surface area contributed by atoms with Gasteiger partial charge < -0.3 is 10.7 Å². The number of nitrogen functional groups attached to an aromatic ring is 1. The van der Waals surface area contributed by atoms with Crippen molar-refractivity contribution < 1.29 is 8.42 Å². The zero-order chi connectivity index (χ0) is 12.9. The van der Waals surface area contributed by atoms with Gasteiger partial charge in [-0.3, -0.25) is 0 Å². The van der Waals surface area contributed by atoms with E-state index in [1.165, 1.54) is 6.33 Å². The van der Waals surface area contributed by atoms with E-state index < -0.39 is 10.0 Å². The zero-order valence-corrected chi connectivity index (χ0v) is 10.3. The van der Waals surface area contributed by atoms with Crippen LogP contribution < -0.4 is 21.7 Å². The van der Waals surface area contributed by atoms with Crippen molar-refractivity contribution >= 4 is 21.7 Å². The van der Waals surface area contributed by atoms with Crippen LogP contribution >= 0.6 is 0 Å². The molecule has 17 heavy (non-hydrogen) atoms. The van der Waals surface area contributed by atoms with Gasteiger partial charge in [-0.2, -0.15) is 0 Å². The average molecular weight is 260 g/mol. The van der Waals surface area contributed by atoms with Crippen LogP contribution in [-0.2, 0) is 10.0 Å².